The van der Waals surface area contributed by atoms with Crippen molar-refractivity contribution in [1.29, 1.82) is 0 Å². The van der Waals surface area contributed by atoms with E-state index in [2.05, 4.69) is 4.90 Å². The molecule has 112 valence electrons. The SMILES string of the molecule is CCC(=O)N1CCCN(CC(O)COC(C)C)CC1. The zero-order valence-electron chi connectivity index (χ0n) is 12.5. The number of hydrogen-bond donors (Lipinski definition) is 1. The second-order valence-electron chi connectivity index (χ2n) is 5.42. The highest BCUT2D eigenvalue weighted by Gasteiger charge is 2.19. The van der Waals surface area contributed by atoms with Crippen molar-refractivity contribution in [3.8, 4) is 0 Å². The van der Waals surface area contributed by atoms with Gasteiger partial charge in [0.05, 0.1) is 18.8 Å². The number of rotatable bonds is 6. The minimum Gasteiger partial charge on any atom is -0.389 e. The molecule has 5 heteroatoms. The molecule has 0 aromatic rings. The molecule has 0 radical (unpaired) electrons. The lowest BCUT2D eigenvalue weighted by Gasteiger charge is -2.24. The lowest BCUT2D eigenvalue weighted by molar-refractivity contribution is -0.130. The first-order chi connectivity index (χ1) is 9.02. The van der Waals surface area contributed by atoms with Crippen molar-refractivity contribution in [1.82, 2.24) is 9.80 Å². The third-order valence-corrected chi connectivity index (χ3v) is 3.33. The molecule has 0 aromatic carbocycles. The Morgan fingerprint density at radius 1 is 1.26 bits per heavy atom. The zero-order chi connectivity index (χ0) is 14.3. The number of aliphatic hydroxyl groups excluding tert-OH is 1. The standard InChI is InChI=1S/C14H28N2O3/c1-4-14(18)16-7-5-6-15(8-9-16)10-13(17)11-19-12(2)3/h12-13,17H,4-11H2,1-3H3. The quantitative estimate of drug-likeness (QED) is 0.774. The Morgan fingerprint density at radius 2 is 2.00 bits per heavy atom. The summed E-state index contributed by atoms with van der Waals surface area (Å²) in [5.74, 6) is 0.227. The Kier molecular flexibility index (Phi) is 7.34. The molecule has 1 saturated heterocycles. The fourth-order valence-corrected chi connectivity index (χ4v) is 2.28. The highest BCUT2D eigenvalue weighted by molar-refractivity contribution is 5.75. The highest BCUT2D eigenvalue weighted by atomic mass is 16.5. The summed E-state index contributed by atoms with van der Waals surface area (Å²) in [6.07, 6.45) is 1.25. The van der Waals surface area contributed by atoms with E-state index in [1.807, 2.05) is 25.7 Å². The van der Waals surface area contributed by atoms with Crippen LogP contribution in [0.25, 0.3) is 0 Å². The monoisotopic (exact) mass is 272 g/mol. The van der Waals surface area contributed by atoms with Gasteiger partial charge in [0.15, 0.2) is 0 Å². The second kappa shape index (κ2) is 8.51. The average molecular weight is 272 g/mol. The molecule has 5 nitrogen and oxygen atoms in total. The smallest absolute Gasteiger partial charge is 0.222 e. The van der Waals surface area contributed by atoms with E-state index in [0.717, 1.165) is 32.6 Å². The molecule has 1 fully saturated rings. The maximum atomic E-state index is 11.7. The molecule has 0 spiro atoms. The first kappa shape index (κ1) is 16.4. The van der Waals surface area contributed by atoms with Crippen molar-refractivity contribution in [3.05, 3.63) is 0 Å². The van der Waals surface area contributed by atoms with Crippen LogP contribution in [0, 0.1) is 0 Å². The van der Waals surface area contributed by atoms with Crippen LogP contribution in [0.3, 0.4) is 0 Å². The van der Waals surface area contributed by atoms with E-state index < -0.39 is 6.10 Å². The van der Waals surface area contributed by atoms with Crippen LogP contribution >= 0.6 is 0 Å². The van der Waals surface area contributed by atoms with Crippen LogP contribution < -0.4 is 0 Å². The minimum atomic E-state index is -0.448. The molecule has 0 saturated carbocycles. The lowest BCUT2D eigenvalue weighted by atomic mass is 10.3. The third kappa shape index (κ3) is 6.36. The molecule has 1 unspecified atom stereocenters. The fourth-order valence-electron chi connectivity index (χ4n) is 2.28. The van der Waals surface area contributed by atoms with Crippen LogP contribution in [0.5, 0.6) is 0 Å². The van der Waals surface area contributed by atoms with Gasteiger partial charge in [-0.1, -0.05) is 6.92 Å². The Labute approximate surface area is 116 Å². The first-order valence-corrected chi connectivity index (χ1v) is 7.32. The normalized spacial score (nSPS) is 19.5. The van der Waals surface area contributed by atoms with Crippen molar-refractivity contribution >= 4 is 5.91 Å². The summed E-state index contributed by atoms with van der Waals surface area (Å²) >= 11 is 0. The van der Waals surface area contributed by atoms with Gasteiger partial charge in [-0.25, -0.2) is 0 Å². The summed E-state index contributed by atoms with van der Waals surface area (Å²) < 4.78 is 5.41. The van der Waals surface area contributed by atoms with Gasteiger partial charge in [0, 0.05) is 32.6 Å². The van der Waals surface area contributed by atoms with Crippen LogP contribution in [0.15, 0.2) is 0 Å². The van der Waals surface area contributed by atoms with Crippen LogP contribution in [0.2, 0.25) is 0 Å². The summed E-state index contributed by atoms with van der Waals surface area (Å²) in [6.45, 7) is 10.2. The van der Waals surface area contributed by atoms with E-state index in [1.54, 1.807) is 0 Å². The van der Waals surface area contributed by atoms with Crippen LogP contribution in [-0.4, -0.2) is 72.4 Å². The van der Waals surface area contributed by atoms with E-state index in [0.29, 0.717) is 19.6 Å². The molecule has 0 bridgehead atoms. The number of carbonyl (C=O) groups excluding carboxylic acids is 1. The molecule has 1 rings (SSSR count). The van der Waals surface area contributed by atoms with E-state index >= 15 is 0 Å². The number of amides is 1. The first-order valence-electron chi connectivity index (χ1n) is 7.32. The fraction of sp³-hybridized carbons (Fsp3) is 0.929. The summed E-state index contributed by atoms with van der Waals surface area (Å²) in [4.78, 5) is 15.8. The van der Waals surface area contributed by atoms with Gasteiger partial charge in [0.2, 0.25) is 5.91 Å². The zero-order valence-corrected chi connectivity index (χ0v) is 12.5. The number of aliphatic hydroxyl groups is 1. The predicted molar refractivity (Wildman–Crippen MR) is 75.0 cm³/mol. The minimum absolute atomic E-state index is 0.149. The number of carbonyl (C=O) groups is 1. The van der Waals surface area contributed by atoms with E-state index in [4.69, 9.17) is 4.74 Å². The molecule has 1 N–H and O–H groups in total. The molecule has 1 aliphatic rings. The van der Waals surface area contributed by atoms with Gasteiger partial charge in [-0.05, 0) is 26.8 Å². The van der Waals surface area contributed by atoms with Gasteiger partial charge in [-0.2, -0.15) is 0 Å². The van der Waals surface area contributed by atoms with Gasteiger partial charge in [0.25, 0.3) is 0 Å². The van der Waals surface area contributed by atoms with Crippen LogP contribution in [0.1, 0.15) is 33.6 Å². The predicted octanol–water partition coefficient (Wildman–Crippen LogP) is 0.717. The van der Waals surface area contributed by atoms with Crippen molar-refractivity contribution in [2.75, 3.05) is 39.3 Å². The number of nitrogens with zero attached hydrogens (tertiary/aromatic N) is 2. The van der Waals surface area contributed by atoms with Crippen molar-refractivity contribution in [2.24, 2.45) is 0 Å². The number of β-amino-alcohol motifs (C(OH)–C–C–N with tert-alkyl or cyclic N) is 1. The molecule has 0 aliphatic carbocycles. The largest absolute Gasteiger partial charge is 0.389 e. The van der Waals surface area contributed by atoms with E-state index in [1.165, 1.54) is 0 Å². The van der Waals surface area contributed by atoms with Crippen molar-refractivity contribution in [2.45, 2.75) is 45.8 Å². The Hall–Kier alpha value is -0.650. The number of hydrogen-bond acceptors (Lipinski definition) is 4. The van der Waals surface area contributed by atoms with Crippen LogP contribution in [0.4, 0.5) is 0 Å². The molecule has 1 atom stereocenters. The molecule has 1 aliphatic heterocycles. The van der Waals surface area contributed by atoms with Gasteiger partial charge in [-0.15, -0.1) is 0 Å². The third-order valence-electron chi connectivity index (χ3n) is 3.33. The molecule has 1 amide bonds. The molecule has 0 aromatic heterocycles. The topological polar surface area (TPSA) is 53.0 Å². The Balaban J connectivity index is 2.30. The summed E-state index contributed by atoms with van der Waals surface area (Å²) in [5, 5.41) is 9.92. The van der Waals surface area contributed by atoms with Gasteiger partial charge >= 0.3 is 0 Å². The van der Waals surface area contributed by atoms with Gasteiger partial charge in [-0.3, -0.25) is 9.69 Å². The van der Waals surface area contributed by atoms with Crippen molar-refractivity contribution < 1.29 is 14.6 Å². The summed E-state index contributed by atoms with van der Waals surface area (Å²) in [5.41, 5.74) is 0. The highest BCUT2D eigenvalue weighted by Crippen LogP contribution is 2.06. The lowest BCUT2D eigenvalue weighted by Crippen LogP contribution is -2.39. The van der Waals surface area contributed by atoms with Gasteiger partial charge < -0.3 is 14.7 Å². The second-order valence-corrected chi connectivity index (χ2v) is 5.42. The Morgan fingerprint density at radius 3 is 2.63 bits per heavy atom. The maximum Gasteiger partial charge on any atom is 0.222 e. The molecular formula is C14H28N2O3. The molecular weight excluding hydrogens is 244 g/mol. The summed E-state index contributed by atoms with van der Waals surface area (Å²) in [6, 6.07) is 0. The van der Waals surface area contributed by atoms with Crippen molar-refractivity contribution in [3.63, 3.8) is 0 Å². The maximum absolute atomic E-state index is 11.7. The number of ether oxygens (including phenoxy) is 1. The van der Waals surface area contributed by atoms with Gasteiger partial charge in [0.1, 0.15) is 0 Å². The summed E-state index contributed by atoms with van der Waals surface area (Å²) in [7, 11) is 0. The van der Waals surface area contributed by atoms with Crippen LogP contribution in [-0.2, 0) is 9.53 Å². The molecule has 1 heterocycles. The average Bonchev–Trinajstić information content (AvgIpc) is 2.61. The van der Waals surface area contributed by atoms with E-state index in [9.17, 15) is 9.90 Å². The Bertz CT molecular complexity index is 271. The molecule has 19 heavy (non-hydrogen) atoms. The van der Waals surface area contributed by atoms with E-state index in [-0.39, 0.29) is 12.0 Å².